The molecule has 0 aromatic heterocycles. The average molecular weight is 314 g/mol. The van der Waals surface area contributed by atoms with Crippen molar-refractivity contribution in [2.24, 2.45) is 0 Å². The van der Waals surface area contributed by atoms with Gasteiger partial charge in [0.25, 0.3) is 0 Å². The van der Waals surface area contributed by atoms with Gasteiger partial charge < -0.3 is 0 Å². The predicted molar refractivity (Wildman–Crippen MR) is 77.6 cm³/mol. The Balaban J connectivity index is 2.14. The van der Waals surface area contributed by atoms with Crippen molar-refractivity contribution < 1.29 is 4.79 Å². The third-order valence-corrected chi connectivity index (χ3v) is 3.40. The largest absolute Gasteiger partial charge is 0.297 e. The summed E-state index contributed by atoms with van der Waals surface area (Å²) < 4.78 is 0.976. The average Bonchev–Trinajstić information content (AvgIpc) is 2.43. The summed E-state index contributed by atoms with van der Waals surface area (Å²) >= 11 is 3.35. The van der Waals surface area contributed by atoms with Crippen molar-refractivity contribution in [3.8, 4) is 6.07 Å². The van der Waals surface area contributed by atoms with Gasteiger partial charge in [-0.1, -0.05) is 58.4 Å². The molecule has 0 aliphatic heterocycles. The van der Waals surface area contributed by atoms with Crippen molar-refractivity contribution in [1.82, 2.24) is 0 Å². The smallest absolute Gasteiger partial charge is 0.158 e. The van der Waals surface area contributed by atoms with Crippen LogP contribution in [0.15, 0.2) is 59.1 Å². The maximum absolute atomic E-state index is 12.2. The van der Waals surface area contributed by atoms with Crippen LogP contribution in [0.5, 0.6) is 0 Å². The molecular formula is C16H12BrNO. The Bertz CT molecular complexity index is 599. The third kappa shape index (κ3) is 3.52. The van der Waals surface area contributed by atoms with Crippen molar-refractivity contribution in [1.29, 1.82) is 5.26 Å². The fourth-order valence-corrected chi connectivity index (χ4v) is 2.15. The Morgan fingerprint density at radius 3 is 2.32 bits per heavy atom. The number of hydrogen-bond donors (Lipinski definition) is 0. The highest BCUT2D eigenvalue weighted by Crippen LogP contribution is 2.19. The number of halogens is 1. The standard InChI is InChI=1S/C16H12BrNO/c17-14-8-6-12(7-9-14)10-16(19)15(11-18)13-4-2-1-3-5-13/h1-9,15H,10H2. The zero-order valence-electron chi connectivity index (χ0n) is 10.2. The molecule has 2 rings (SSSR count). The molecule has 0 N–H and O–H groups in total. The van der Waals surface area contributed by atoms with Gasteiger partial charge in [-0.25, -0.2) is 0 Å². The summed E-state index contributed by atoms with van der Waals surface area (Å²) in [7, 11) is 0. The molecule has 94 valence electrons. The molecule has 0 bridgehead atoms. The summed E-state index contributed by atoms with van der Waals surface area (Å²) in [4.78, 5) is 12.2. The monoisotopic (exact) mass is 313 g/mol. The van der Waals surface area contributed by atoms with Crippen LogP contribution < -0.4 is 0 Å². The maximum Gasteiger partial charge on any atom is 0.158 e. The minimum absolute atomic E-state index is 0.0731. The molecule has 19 heavy (non-hydrogen) atoms. The zero-order chi connectivity index (χ0) is 13.7. The molecule has 0 spiro atoms. The molecule has 0 saturated carbocycles. The summed E-state index contributed by atoms with van der Waals surface area (Å²) in [5.74, 6) is -0.763. The molecular weight excluding hydrogens is 302 g/mol. The van der Waals surface area contributed by atoms with Crippen LogP contribution in [0.1, 0.15) is 17.0 Å². The summed E-state index contributed by atoms with van der Waals surface area (Å²) in [5, 5.41) is 9.19. The Labute approximate surface area is 120 Å². The van der Waals surface area contributed by atoms with E-state index < -0.39 is 5.92 Å². The summed E-state index contributed by atoms with van der Waals surface area (Å²) in [6, 6.07) is 18.8. The van der Waals surface area contributed by atoms with Crippen LogP contribution in [0.2, 0.25) is 0 Å². The Morgan fingerprint density at radius 2 is 1.74 bits per heavy atom. The van der Waals surface area contributed by atoms with Gasteiger partial charge in [0.2, 0.25) is 0 Å². The molecule has 0 heterocycles. The SMILES string of the molecule is N#CC(C(=O)Cc1ccc(Br)cc1)c1ccccc1. The van der Waals surface area contributed by atoms with E-state index in [1.807, 2.05) is 54.6 Å². The highest BCUT2D eigenvalue weighted by atomic mass is 79.9. The Hall–Kier alpha value is -1.92. The Morgan fingerprint density at radius 1 is 1.11 bits per heavy atom. The number of rotatable bonds is 4. The van der Waals surface area contributed by atoms with Crippen LogP contribution in [0.25, 0.3) is 0 Å². The second-order valence-electron chi connectivity index (χ2n) is 4.24. The zero-order valence-corrected chi connectivity index (χ0v) is 11.8. The first-order valence-electron chi connectivity index (χ1n) is 5.92. The normalized spacial score (nSPS) is 11.6. The number of benzene rings is 2. The van der Waals surface area contributed by atoms with Crippen molar-refractivity contribution >= 4 is 21.7 Å². The van der Waals surface area contributed by atoms with Crippen LogP contribution >= 0.6 is 15.9 Å². The number of nitrogens with zero attached hydrogens (tertiary/aromatic N) is 1. The van der Waals surface area contributed by atoms with Gasteiger partial charge >= 0.3 is 0 Å². The minimum Gasteiger partial charge on any atom is -0.297 e. The Kier molecular flexibility index (Phi) is 4.48. The van der Waals surface area contributed by atoms with Gasteiger partial charge in [0.05, 0.1) is 6.07 Å². The molecule has 0 radical (unpaired) electrons. The number of nitriles is 1. The fraction of sp³-hybridized carbons (Fsp3) is 0.125. The predicted octanol–water partition coefficient (Wildman–Crippen LogP) is 3.87. The first-order chi connectivity index (χ1) is 9.20. The van der Waals surface area contributed by atoms with Crippen LogP contribution in [0, 0.1) is 11.3 Å². The first kappa shape index (κ1) is 13.5. The van der Waals surface area contributed by atoms with Crippen molar-refractivity contribution in [2.75, 3.05) is 0 Å². The van der Waals surface area contributed by atoms with Gasteiger partial charge in [0, 0.05) is 10.9 Å². The van der Waals surface area contributed by atoms with Gasteiger partial charge in [-0.2, -0.15) is 5.26 Å². The van der Waals surface area contributed by atoms with Gasteiger partial charge in [-0.05, 0) is 23.3 Å². The third-order valence-electron chi connectivity index (χ3n) is 2.88. The van der Waals surface area contributed by atoms with Crippen molar-refractivity contribution in [3.63, 3.8) is 0 Å². The van der Waals surface area contributed by atoms with Crippen molar-refractivity contribution in [2.45, 2.75) is 12.3 Å². The number of hydrogen-bond acceptors (Lipinski definition) is 2. The van der Waals surface area contributed by atoms with Crippen LogP contribution in [-0.2, 0) is 11.2 Å². The summed E-state index contributed by atoms with van der Waals surface area (Å²) in [6.07, 6.45) is 0.278. The lowest BCUT2D eigenvalue weighted by molar-refractivity contribution is -0.118. The van der Waals surface area contributed by atoms with E-state index in [4.69, 9.17) is 0 Å². The van der Waals surface area contributed by atoms with E-state index in [1.54, 1.807) is 0 Å². The van der Waals surface area contributed by atoms with Gasteiger partial charge in [-0.3, -0.25) is 4.79 Å². The summed E-state index contributed by atoms with van der Waals surface area (Å²) in [6.45, 7) is 0. The molecule has 0 amide bonds. The van der Waals surface area contributed by atoms with Gasteiger partial charge in [0.1, 0.15) is 5.92 Å². The molecule has 2 nitrogen and oxygen atoms in total. The molecule has 0 aliphatic rings. The molecule has 3 heteroatoms. The van der Waals surface area contributed by atoms with E-state index in [2.05, 4.69) is 22.0 Å². The minimum atomic E-state index is -0.690. The lowest BCUT2D eigenvalue weighted by atomic mass is 9.92. The van der Waals surface area contributed by atoms with Crippen molar-refractivity contribution in [3.05, 3.63) is 70.2 Å². The molecule has 0 aliphatic carbocycles. The molecule has 0 saturated heterocycles. The first-order valence-corrected chi connectivity index (χ1v) is 6.71. The second kappa shape index (κ2) is 6.31. The number of ketones is 1. The van der Waals surface area contributed by atoms with Crippen LogP contribution in [0.3, 0.4) is 0 Å². The second-order valence-corrected chi connectivity index (χ2v) is 5.16. The van der Waals surface area contributed by atoms with E-state index in [-0.39, 0.29) is 12.2 Å². The lowest BCUT2D eigenvalue weighted by Gasteiger charge is -2.08. The highest BCUT2D eigenvalue weighted by Gasteiger charge is 2.19. The maximum atomic E-state index is 12.2. The molecule has 2 aromatic carbocycles. The van der Waals surface area contributed by atoms with Crippen LogP contribution in [0.4, 0.5) is 0 Å². The number of Topliss-reactive ketones (excluding diaryl/α,β-unsaturated/α-hetero) is 1. The number of carbonyl (C=O) groups is 1. The van der Waals surface area contributed by atoms with Crippen LogP contribution in [-0.4, -0.2) is 5.78 Å². The summed E-state index contributed by atoms with van der Waals surface area (Å²) in [5.41, 5.74) is 1.68. The van der Waals surface area contributed by atoms with E-state index >= 15 is 0 Å². The molecule has 1 unspecified atom stereocenters. The van der Waals surface area contributed by atoms with E-state index in [1.165, 1.54) is 0 Å². The molecule has 0 fully saturated rings. The highest BCUT2D eigenvalue weighted by molar-refractivity contribution is 9.10. The van der Waals surface area contributed by atoms with Gasteiger partial charge in [0.15, 0.2) is 5.78 Å². The fourth-order valence-electron chi connectivity index (χ4n) is 1.88. The molecule has 1 atom stereocenters. The van der Waals surface area contributed by atoms with E-state index in [0.717, 1.165) is 15.6 Å². The van der Waals surface area contributed by atoms with Gasteiger partial charge in [-0.15, -0.1) is 0 Å². The van der Waals surface area contributed by atoms with E-state index in [9.17, 15) is 10.1 Å². The topological polar surface area (TPSA) is 40.9 Å². The quantitative estimate of drug-likeness (QED) is 0.859. The lowest BCUT2D eigenvalue weighted by Crippen LogP contribution is -2.13. The van der Waals surface area contributed by atoms with E-state index in [0.29, 0.717) is 0 Å². The molecule has 2 aromatic rings. The number of carbonyl (C=O) groups excluding carboxylic acids is 1.